The van der Waals surface area contributed by atoms with Gasteiger partial charge in [-0.1, -0.05) is 23.2 Å². The van der Waals surface area contributed by atoms with Gasteiger partial charge in [-0.2, -0.15) is 0 Å². The summed E-state index contributed by atoms with van der Waals surface area (Å²) in [7, 11) is 0. The zero-order valence-electron chi connectivity index (χ0n) is 11.2. The molecule has 3 unspecified atom stereocenters. The summed E-state index contributed by atoms with van der Waals surface area (Å²) in [6.07, 6.45) is -3.21. The minimum atomic E-state index is -2.80. The summed E-state index contributed by atoms with van der Waals surface area (Å²) in [6.45, 7) is 0. The molecule has 0 heterocycles. The Bertz CT molecular complexity index is 577. The number of carboxylic acids is 1. The molecule has 0 aromatic heterocycles. The minimum absolute atomic E-state index is 0.128. The molecule has 0 saturated heterocycles. The van der Waals surface area contributed by atoms with Crippen molar-refractivity contribution >= 4 is 35.1 Å². The standard InChI is InChI=1S/C14H13Cl2F2NO3/c15-7-1-6(2-8(16)3-7)9-4-10(9)13(20)19-11(14(21)22)5-12(17)18/h1-3,9-12H,4-5H2,(H,19,20)(H,21,22). The van der Waals surface area contributed by atoms with Gasteiger partial charge in [-0.05, 0) is 36.1 Å². The maximum absolute atomic E-state index is 12.3. The summed E-state index contributed by atoms with van der Waals surface area (Å²) in [5.74, 6) is -2.60. The van der Waals surface area contributed by atoms with E-state index in [4.69, 9.17) is 28.3 Å². The lowest BCUT2D eigenvalue weighted by Gasteiger charge is -2.14. The molecule has 0 radical (unpaired) electrons. The molecule has 22 heavy (non-hydrogen) atoms. The van der Waals surface area contributed by atoms with Crippen LogP contribution in [0.2, 0.25) is 10.0 Å². The first-order valence-electron chi connectivity index (χ1n) is 6.55. The highest BCUT2D eigenvalue weighted by molar-refractivity contribution is 6.34. The number of carbonyl (C=O) groups excluding carboxylic acids is 1. The average molecular weight is 352 g/mol. The van der Waals surface area contributed by atoms with Crippen LogP contribution in [0.1, 0.15) is 24.3 Å². The van der Waals surface area contributed by atoms with Crippen molar-refractivity contribution in [2.75, 3.05) is 0 Å². The van der Waals surface area contributed by atoms with E-state index in [-0.39, 0.29) is 5.92 Å². The maximum Gasteiger partial charge on any atom is 0.326 e. The SMILES string of the molecule is O=C(O)C(CC(F)F)NC(=O)C1CC1c1cc(Cl)cc(Cl)c1. The Balaban J connectivity index is 1.99. The van der Waals surface area contributed by atoms with Crippen LogP contribution in [0.5, 0.6) is 0 Å². The Morgan fingerprint density at radius 1 is 1.27 bits per heavy atom. The lowest BCUT2D eigenvalue weighted by atomic mass is 10.1. The van der Waals surface area contributed by atoms with Crippen LogP contribution in [-0.2, 0) is 9.59 Å². The second-order valence-electron chi connectivity index (χ2n) is 5.18. The summed E-state index contributed by atoms with van der Waals surface area (Å²) in [5, 5.41) is 11.9. The first-order chi connectivity index (χ1) is 10.3. The van der Waals surface area contributed by atoms with Crippen LogP contribution in [0.3, 0.4) is 0 Å². The molecule has 1 fully saturated rings. The van der Waals surface area contributed by atoms with E-state index in [1.54, 1.807) is 18.2 Å². The molecule has 0 aliphatic heterocycles. The van der Waals surface area contributed by atoms with Gasteiger partial charge in [0.1, 0.15) is 6.04 Å². The van der Waals surface area contributed by atoms with Gasteiger partial charge in [0.15, 0.2) is 0 Å². The molecule has 2 rings (SSSR count). The third-order valence-electron chi connectivity index (χ3n) is 3.47. The normalized spacial score (nSPS) is 21.5. The number of hydrogen-bond donors (Lipinski definition) is 2. The molecular formula is C14H13Cl2F2NO3. The van der Waals surface area contributed by atoms with Gasteiger partial charge in [0.2, 0.25) is 12.3 Å². The van der Waals surface area contributed by atoms with Crippen LogP contribution < -0.4 is 5.32 Å². The number of halogens is 4. The molecule has 3 atom stereocenters. The highest BCUT2D eigenvalue weighted by Gasteiger charge is 2.45. The number of alkyl halides is 2. The van der Waals surface area contributed by atoms with E-state index in [9.17, 15) is 18.4 Å². The molecule has 1 amide bonds. The lowest BCUT2D eigenvalue weighted by Crippen LogP contribution is -2.42. The van der Waals surface area contributed by atoms with Gasteiger partial charge in [0, 0.05) is 22.4 Å². The number of carboxylic acid groups (broad SMARTS) is 1. The van der Waals surface area contributed by atoms with Gasteiger partial charge in [-0.15, -0.1) is 0 Å². The van der Waals surface area contributed by atoms with Crippen LogP contribution in [0, 0.1) is 5.92 Å². The highest BCUT2D eigenvalue weighted by Crippen LogP contribution is 2.48. The van der Waals surface area contributed by atoms with Crippen molar-refractivity contribution in [2.24, 2.45) is 5.92 Å². The van der Waals surface area contributed by atoms with Crippen LogP contribution in [0.25, 0.3) is 0 Å². The molecule has 4 nitrogen and oxygen atoms in total. The molecule has 1 aliphatic rings. The zero-order chi connectivity index (χ0) is 16.4. The van der Waals surface area contributed by atoms with Crippen LogP contribution in [-0.4, -0.2) is 29.5 Å². The van der Waals surface area contributed by atoms with Gasteiger partial charge in [0.05, 0.1) is 0 Å². The van der Waals surface area contributed by atoms with Crippen molar-refractivity contribution in [3.8, 4) is 0 Å². The summed E-state index contributed by atoms with van der Waals surface area (Å²) in [4.78, 5) is 22.8. The monoisotopic (exact) mass is 351 g/mol. The molecule has 1 saturated carbocycles. The Morgan fingerprint density at radius 3 is 2.36 bits per heavy atom. The second kappa shape index (κ2) is 6.79. The van der Waals surface area contributed by atoms with Crippen molar-refractivity contribution in [2.45, 2.75) is 31.2 Å². The van der Waals surface area contributed by atoms with E-state index in [0.717, 1.165) is 5.56 Å². The average Bonchev–Trinajstić information content (AvgIpc) is 3.16. The van der Waals surface area contributed by atoms with E-state index in [1.165, 1.54) is 0 Å². The number of hydrogen-bond acceptors (Lipinski definition) is 2. The zero-order valence-corrected chi connectivity index (χ0v) is 12.7. The number of nitrogens with one attached hydrogen (secondary N) is 1. The van der Waals surface area contributed by atoms with Gasteiger partial charge < -0.3 is 10.4 Å². The molecule has 120 valence electrons. The first-order valence-corrected chi connectivity index (χ1v) is 7.31. The fourth-order valence-electron chi connectivity index (χ4n) is 2.32. The highest BCUT2D eigenvalue weighted by atomic mass is 35.5. The predicted octanol–water partition coefficient (Wildman–Crippen LogP) is 3.32. The third kappa shape index (κ3) is 4.30. The fourth-order valence-corrected chi connectivity index (χ4v) is 2.86. The van der Waals surface area contributed by atoms with Crippen molar-refractivity contribution in [3.63, 3.8) is 0 Å². The fraction of sp³-hybridized carbons (Fsp3) is 0.429. The second-order valence-corrected chi connectivity index (χ2v) is 6.05. The van der Waals surface area contributed by atoms with Crippen LogP contribution in [0.4, 0.5) is 8.78 Å². The van der Waals surface area contributed by atoms with E-state index < -0.39 is 36.7 Å². The molecule has 2 N–H and O–H groups in total. The quantitative estimate of drug-likeness (QED) is 0.826. The van der Waals surface area contributed by atoms with E-state index in [0.29, 0.717) is 16.5 Å². The Labute approximate surface area is 135 Å². The summed E-state index contributed by atoms with van der Waals surface area (Å²) in [5.41, 5.74) is 0.776. The molecular weight excluding hydrogens is 339 g/mol. The van der Waals surface area contributed by atoms with E-state index in [1.807, 2.05) is 0 Å². The Hall–Kier alpha value is -1.40. The first kappa shape index (κ1) is 17.0. The number of amides is 1. The Kier molecular flexibility index (Phi) is 5.24. The topological polar surface area (TPSA) is 66.4 Å². The predicted molar refractivity (Wildman–Crippen MR) is 77.5 cm³/mol. The largest absolute Gasteiger partial charge is 0.480 e. The van der Waals surface area contributed by atoms with E-state index in [2.05, 4.69) is 5.32 Å². The van der Waals surface area contributed by atoms with Crippen LogP contribution in [0.15, 0.2) is 18.2 Å². The number of aliphatic carboxylic acids is 1. The minimum Gasteiger partial charge on any atom is -0.480 e. The molecule has 1 aromatic carbocycles. The van der Waals surface area contributed by atoms with Crippen molar-refractivity contribution in [1.82, 2.24) is 5.32 Å². The third-order valence-corrected chi connectivity index (χ3v) is 3.91. The number of rotatable bonds is 6. The Morgan fingerprint density at radius 2 is 1.86 bits per heavy atom. The molecule has 8 heteroatoms. The molecule has 0 spiro atoms. The van der Waals surface area contributed by atoms with Gasteiger partial charge >= 0.3 is 5.97 Å². The summed E-state index contributed by atoms with van der Waals surface area (Å²) in [6, 6.07) is 3.34. The van der Waals surface area contributed by atoms with Crippen molar-refractivity contribution in [1.29, 1.82) is 0 Å². The van der Waals surface area contributed by atoms with Gasteiger partial charge in [-0.3, -0.25) is 4.79 Å². The lowest BCUT2D eigenvalue weighted by molar-refractivity contribution is -0.143. The van der Waals surface area contributed by atoms with Crippen molar-refractivity contribution in [3.05, 3.63) is 33.8 Å². The summed E-state index contributed by atoms with van der Waals surface area (Å²) < 4.78 is 24.6. The maximum atomic E-state index is 12.3. The summed E-state index contributed by atoms with van der Waals surface area (Å²) >= 11 is 11.8. The van der Waals surface area contributed by atoms with E-state index >= 15 is 0 Å². The number of carbonyl (C=O) groups is 2. The van der Waals surface area contributed by atoms with Crippen LogP contribution >= 0.6 is 23.2 Å². The smallest absolute Gasteiger partial charge is 0.326 e. The van der Waals surface area contributed by atoms with Crippen molar-refractivity contribution < 1.29 is 23.5 Å². The molecule has 0 bridgehead atoms. The number of benzene rings is 1. The van der Waals surface area contributed by atoms with Gasteiger partial charge in [-0.25, -0.2) is 13.6 Å². The molecule has 1 aliphatic carbocycles. The molecule has 1 aromatic rings. The van der Waals surface area contributed by atoms with Gasteiger partial charge in [0.25, 0.3) is 0 Å².